The van der Waals surface area contributed by atoms with Crippen LogP contribution in [0, 0.1) is 13.8 Å². The monoisotopic (exact) mass is 287 g/mol. The Morgan fingerprint density at radius 1 is 1.06 bits per heavy atom. The van der Waals surface area contributed by atoms with Crippen molar-refractivity contribution in [3.8, 4) is 11.5 Å². The molecule has 1 unspecified atom stereocenters. The highest BCUT2D eigenvalue weighted by molar-refractivity contribution is 9.10. The van der Waals surface area contributed by atoms with Crippen LogP contribution in [0.15, 0.2) is 4.47 Å². The second kappa shape index (κ2) is 5.06. The number of nitrogens with two attached hydrogens (primary N) is 1. The van der Waals surface area contributed by atoms with E-state index >= 15 is 0 Å². The van der Waals surface area contributed by atoms with E-state index in [1.54, 1.807) is 14.2 Å². The van der Waals surface area contributed by atoms with Crippen molar-refractivity contribution >= 4 is 15.9 Å². The Labute approximate surface area is 105 Å². The second-order valence-corrected chi connectivity index (χ2v) is 4.63. The van der Waals surface area contributed by atoms with E-state index in [1.807, 2.05) is 20.8 Å². The molecule has 90 valence electrons. The second-order valence-electron chi connectivity index (χ2n) is 3.83. The van der Waals surface area contributed by atoms with Crippen molar-refractivity contribution in [3.05, 3.63) is 21.2 Å². The maximum absolute atomic E-state index is 5.98. The Bertz CT molecular complexity index is 403. The van der Waals surface area contributed by atoms with Gasteiger partial charge >= 0.3 is 0 Å². The summed E-state index contributed by atoms with van der Waals surface area (Å²) in [5.41, 5.74) is 9.09. The Hall–Kier alpha value is -0.740. The molecule has 0 spiro atoms. The molecular weight excluding hydrogens is 270 g/mol. The Morgan fingerprint density at radius 2 is 1.56 bits per heavy atom. The maximum Gasteiger partial charge on any atom is 0.166 e. The molecule has 0 aliphatic carbocycles. The summed E-state index contributed by atoms with van der Waals surface area (Å²) in [5.74, 6) is 1.47. The molecule has 3 nitrogen and oxygen atoms in total. The van der Waals surface area contributed by atoms with Crippen molar-refractivity contribution in [3.63, 3.8) is 0 Å². The molecule has 0 fully saturated rings. The van der Waals surface area contributed by atoms with Crippen LogP contribution in [0.1, 0.15) is 29.7 Å². The van der Waals surface area contributed by atoms with Crippen LogP contribution in [-0.2, 0) is 0 Å². The molecule has 16 heavy (non-hydrogen) atoms. The van der Waals surface area contributed by atoms with Gasteiger partial charge in [-0.1, -0.05) is 15.9 Å². The van der Waals surface area contributed by atoms with Crippen LogP contribution in [0.5, 0.6) is 11.5 Å². The number of methoxy groups -OCH3 is 2. The smallest absolute Gasteiger partial charge is 0.166 e. The molecule has 0 aliphatic heterocycles. The predicted octanol–water partition coefficient (Wildman–Crippen LogP) is 3.10. The maximum atomic E-state index is 5.98. The first-order valence-corrected chi connectivity index (χ1v) is 5.91. The fourth-order valence-corrected chi connectivity index (χ4v) is 2.35. The van der Waals surface area contributed by atoms with E-state index in [0.717, 1.165) is 32.7 Å². The van der Waals surface area contributed by atoms with E-state index in [1.165, 1.54) is 0 Å². The zero-order valence-corrected chi connectivity index (χ0v) is 11.9. The third-order valence-corrected chi connectivity index (χ3v) is 3.91. The molecule has 1 rings (SSSR count). The zero-order valence-electron chi connectivity index (χ0n) is 10.3. The molecule has 0 saturated carbocycles. The summed E-state index contributed by atoms with van der Waals surface area (Å²) in [6.07, 6.45) is 0. The Balaban J connectivity index is 3.65. The lowest BCUT2D eigenvalue weighted by molar-refractivity contribution is 0.347. The minimum absolute atomic E-state index is 0.0965. The summed E-state index contributed by atoms with van der Waals surface area (Å²) in [4.78, 5) is 0. The average molecular weight is 288 g/mol. The molecule has 1 aromatic carbocycles. The van der Waals surface area contributed by atoms with E-state index in [2.05, 4.69) is 15.9 Å². The lowest BCUT2D eigenvalue weighted by Gasteiger charge is -2.21. The van der Waals surface area contributed by atoms with Crippen molar-refractivity contribution in [2.45, 2.75) is 26.8 Å². The van der Waals surface area contributed by atoms with Gasteiger partial charge in [0.25, 0.3) is 0 Å². The molecule has 1 aromatic rings. The van der Waals surface area contributed by atoms with E-state index in [0.29, 0.717) is 0 Å². The summed E-state index contributed by atoms with van der Waals surface area (Å²) in [7, 11) is 3.27. The van der Waals surface area contributed by atoms with Gasteiger partial charge in [-0.25, -0.2) is 0 Å². The van der Waals surface area contributed by atoms with Crippen LogP contribution in [0.2, 0.25) is 0 Å². The molecule has 0 aliphatic rings. The summed E-state index contributed by atoms with van der Waals surface area (Å²) in [5, 5.41) is 0. The lowest BCUT2D eigenvalue weighted by Crippen LogP contribution is -2.11. The predicted molar refractivity (Wildman–Crippen MR) is 69.3 cm³/mol. The number of ether oxygens (including phenoxy) is 2. The van der Waals surface area contributed by atoms with E-state index in [-0.39, 0.29) is 6.04 Å². The molecule has 4 heteroatoms. The third kappa shape index (κ3) is 2.04. The highest BCUT2D eigenvalue weighted by atomic mass is 79.9. The highest BCUT2D eigenvalue weighted by Gasteiger charge is 2.21. The fourth-order valence-electron chi connectivity index (χ4n) is 1.96. The van der Waals surface area contributed by atoms with Gasteiger partial charge in [0, 0.05) is 21.6 Å². The van der Waals surface area contributed by atoms with Gasteiger partial charge in [0.1, 0.15) is 0 Å². The largest absolute Gasteiger partial charge is 0.493 e. The molecule has 0 amide bonds. The van der Waals surface area contributed by atoms with E-state index in [9.17, 15) is 0 Å². The molecule has 0 bridgehead atoms. The summed E-state index contributed by atoms with van der Waals surface area (Å²) in [6, 6.07) is -0.0965. The van der Waals surface area contributed by atoms with Crippen LogP contribution in [0.4, 0.5) is 0 Å². The number of halogens is 1. The van der Waals surface area contributed by atoms with Crippen molar-refractivity contribution in [2.24, 2.45) is 5.73 Å². The van der Waals surface area contributed by atoms with Crippen molar-refractivity contribution in [1.82, 2.24) is 0 Å². The van der Waals surface area contributed by atoms with Crippen LogP contribution in [0.25, 0.3) is 0 Å². The van der Waals surface area contributed by atoms with Crippen molar-refractivity contribution < 1.29 is 9.47 Å². The van der Waals surface area contributed by atoms with Gasteiger partial charge in [-0.2, -0.15) is 0 Å². The standard InChI is InChI=1S/C12H18BrNO2/c1-6-9(8(3)14)12(16-5)11(15-4)7(2)10(6)13/h8H,14H2,1-5H3. The first kappa shape index (κ1) is 13.3. The number of hydrogen-bond acceptors (Lipinski definition) is 3. The molecule has 0 heterocycles. The van der Waals surface area contributed by atoms with Gasteiger partial charge in [0.2, 0.25) is 0 Å². The average Bonchev–Trinajstić information content (AvgIpc) is 2.24. The minimum atomic E-state index is -0.0965. The molecule has 2 N–H and O–H groups in total. The third-order valence-electron chi connectivity index (χ3n) is 2.72. The molecule has 0 saturated heterocycles. The normalized spacial score (nSPS) is 12.4. The number of benzene rings is 1. The van der Waals surface area contributed by atoms with Crippen LogP contribution in [0.3, 0.4) is 0 Å². The van der Waals surface area contributed by atoms with Gasteiger partial charge < -0.3 is 15.2 Å². The van der Waals surface area contributed by atoms with Gasteiger partial charge in [0.05, 0.1) is 14.2 Å². The van der Waals surface area contributed by atoms with Gasteiger partial charge in [-0.3, -0.25) is 0 Å². The van der Waals surface area contributed by atoms with E-state index in [4.69, 9.17) is 15.2 Å². The van der Waals surface area contributed by atoms with Crippen LogP contribution in [-0.4, -0.2) is 14.2 Å². The number of rotatable bonds is 3. The van der Waals surface area contributed by atoms with E-state index < -0.39 is 0 Å². The van der Waals surface area contributed by atoms with Crippen LogP contribution >= 0.6 is 15.9 Å². The van der Waals surface area contributed by atoms with Gasteiger partial charge in [-0.15, -0.1) is 0 Å². The lowest BCUT2D eigenvalue weighted by atomic mass is 9.98. The minimum Gasteiger partial charge on any atom is -0.493 e. The number of hydrogen-bond donors (Lipinski definition) is 1. The quantitative estimate of drug-likeness (QED) is 0.929. The van der Waals surface area contributed by atoms with Crippen molar-refractivity contribution in [1.29, 1.82) is 0 Å². The van der Waals surface area contributed by atoms with Gasteiger partial charge in [0.15, 0.2) is 11.5 Å². The Kier molecular flexibility index (Phi) is 4.21. The topological polar surface area (TPSA) is 44.5 Å². The summed E-state index contributed by atoms with van der Waals surface area (Å²) >= 11 is 3.56. The SMILES string of the molecule is COc1c(C)c(Br)c(C)c(C(C)N)c1OC. The summed E-state index contributed by atoms with van der Waals surface area (Å²) < 4.78 is 11.8. The van der Waals surface area contributed by atoms with Gasteiger partial charge in [-0.05, 0) is 26.3 Å². The molecule has 0 aromatic heterocycles. The molecule has 1 atom stereocenters. The first-order valence-electron chi connectivity index (χ1n) is 5.11. The molecule has 0 radical (unpaired) electrons. The fraction of sp³-hybridized carbons (Fsp3) is 0.500. The molecular formula is C12H18BrNO2. The van der Waals surface area contributed by atoms with Crippen molar-refractivity contribution in [2.75, 3.05) is 14.2 Å². The van der Waals surface area contributed by atoms with Crippen LogP contribution < -0.4 is 15.2 Å². The highest BCUT2D eigenvalue weighted by Crippen LogP contribution is 2.43. The Morgan fingerprint density at radius 3 is 1.94 bits per heavy atom. The zero-order chi connectivity index (χ0) is 12.5. The summed E-state index contributed by atoms with van der Waals surface area (Å²) in [6.45, 7) is 5.95. The first-order chi connectivity index (χ1) is 7.45.